The molecule has 4 heteroatoms. The Balaban J connectivity index is 2.78. The third-order valence-electron chi connectivity index (χ3n) is 3.32. The molecule has 0 aliphatic rings. The normalized spacial score (nSPS) is 13.1. The Labute approximate surface area is 120 Å². The zero-order chi connectivity index (χ0) is 15.3. The average molecular weight is 277 g/mol. The van der Waals surface area contributed by atoms with Gasteiger partial charge in [-0.05, 0) is 25.3 Å². The highest BCUT2D eigenvalue weighted by atomic mass is 16.4. The van der Waals surface area contributed by atoms with Crippen LogP contribution in [-0.2, 0) is 9.59 Å². The zero-order valence-corrected chi connectivity index (χ0v) is 12.5. The van der Waals surface area contributed by atoms with Gasteiger partial charge in [0.25, 0.3) is 0 Å². The molecule has 1 aromatic carbocycles. The Hall–Kier alpha value is -1.84. The number of aliphatic carboxylic acids is 1. The Bertz CT molecular complexity index is 466. The third kappa shape index (κ3) is 4.37. The summed E-state index contributed by atoms with van der Waals surface area (Å²) in [6.07, 6.45) is -0.0294. The van der Waals surface area contributed by atoms with E-state index in [2.05, 4.69) is 5.32 Å². The molecule has 1 amide bonds. The first-order valence-electron chi connectivity index (χ1n) is 6.82. The predicted octanol–water partition coefficient (Wildman–Crippen LogP) is 3.00. The Morgan fingerprint density at radius 1 is 1.20 bits per heavy atom. The van der Waals surface area contributed by atoms with Crippen LogP contribution in [-0.4, -0.2) is 17.0 Å². The van der Waals surface area contributed by atoms with Crippen LogP contribution >= 0.6 is 0 Å². The minimum Gasteiger partial charge on any atom is -0.481 e. The van der Waals surface area contributed by atoms with Crippen molar-refractivity contribution in [2.75, 3.05) is 0 Å². The number of amides is 1. The summed E-state index contributed by atoms with van der Waals surface area (Å²) < 4.78 is 0. The van der Waals surface area contributed by atoms with E-state index in [4.69, 9.17) is 5.11 Å². The smallest absolute Gasteiger partial charge is 0.309 e. The van der Waals surface area contributed by atoms with Gasteiger partial charge in [-0.15, -0.1) is 0 Å². The van der Waals surface area contributed by atoms with Crippen molar-refractivity contribution in [1.82, 2.24) is 5.32 Å². The van der Waals surface area contributed by atoms with Crippen LogP contribution in [0.4, 0.5) is 0 Å². The van der Waals surface area contributed by atoms with Crippen LogP contribution in [0.3, 0.4) is 0 Å². The Morgan fingerprint density at radius 3 is 2.20 bits per heavy atom. The molecule has 0 saturated carbocycles. The highest BCUT2D eigenvalue weighted by molar-refractivity contribution is 5.84. The molecule has 0 aliphatic heterocycles. The molecule has 0 spiro atoms. The zero-order valence-electron chi connectivity index (χ0n) is 12.5. The predicted molar refractivity (Wildman–Crippen MR) is 78.2 cm³/mol. The molecule has 20 heavy (non-hydrogen) atoms. The number of nitrogens with one attached hydrogen (secondary N) is 1. The van der Waals surface area contributed by atoms with Gasteiger partial charge >= 0.3 is 5.97 Å². The molecular weight excluding hydrogens is 254 g/mol. The van der Waals surface area contributed by atoms with Gasteiger partial charge in [0, 0.05) is 6.42 Å². The van der Waals surface area contributed by atoms with Gasteiger partial charge in [-0.25, -0.2) is 0 Å². The van der Waals surface area contributed by atoms with Crippen LogP contribution in [0.25, 0.3) is 0 Å². The second kappa shape index (κ2) is 6.55. The minimum absolute atomic E-state index is 0.0294. The molecule has 4 nitrogen and oxygen atoms in total. The highest BCUT2D eigenvalue weighted by Gasteiger charge is 2.31. The van der Waals surface area contributed by atoms with Crippen molar-refractivity contribution in [1.29, 1.82) is 0 Å². The number of hydrogen-bond acceptors (Lipinski definition) is 2. The van der Waals surface area contributed by atoms with E-state index in [0.29, 0.717) is 0 Å². The van der Waals surface area contributed by atoms with Gasteiger partial charge in [0.2, 0.25) is 5.91 Å². The summed E-state index contributed by atoms with van der Waals surface area (Å²) in [5.74, 6) is -0.970. The number of carbonyl (C=O) groups is 2. The van der Waals surface area contributed by atoms with Crippen LogP contribution in [0.5, 0.6) is 0 Å². The van der Waals surface area contributed by atoms with E-state index in [0.717, 1.165) is 5.56 Å². The van der Waals surface area contributed by atoms with E-state index in [9.17, 15) is 9.59 Å². The molecule has 0 aliphatic carbocycles. The van der Waals surface area contributed by atoms with Crippen LogP contribution in [0.2, 0.25) is 0 Å². The first-order valence-corrected chi connectivity index (χ1v) is 6.82. The lowest BCUT2D eigenvalue weighted by Gasteiger charge is -2.25. The molecule has 0 bridgehead atoms. The van der Waals surface area contributed by atoms with E-state index >= 15 is 0 Å². The van der Waals surface area contributed by atoms with E-state index < -0.39 is 11.4 Å². The molecule has 0 saturated heterocycles. The monoisotopic (exact) mass is 277 g/mol. The van der Waals surface area contributed by atoms with Crippen molar-refractivity contribution in [2.24, 2.45) is 11.3 Å². The van der Waals surface area contributed by atoms with Crippen molar-refractivity contribution >= 4 is 11.9 Å². The van der Waals surface area contributed by atoms with Crippen molar-refractivity contribution in [3.8, 4) is 0 Å². The molecule has 1 atom stereocenters. The van der Waals surface area contributed by atoms with Gasteiger partial charge in [0.05, 0.1) is 11.5 Å². The van der Waals surface area contributed by atoms with Crippen LogP contribution < -0.4 is 5.32 Å². The topological polar surface area (TPSA) is 66.4 Å². The van der Waals surface area contributed by atoms with Crippen molar-refractivity contribution < 1.29 is 14.7 Å². The molecular formula is C16H23NO3. The standard InChI is InChI=1S/C16H23NO3/c1-11(2)14(12-8-6-5-7-9-12)17-13(18)10-16(3,4)15(19)20/h5-9,11,14H,10H2,1-4H3,(H,17,18)(H,19,20). The summed E-state index contributed by atoms with van der Waals surface area (Å²) in [5.41, 5.74) is -0.0218. The van der Waals surface area contributed by atoms with Crippen LogP contribution in [0.15, 0.2) is 30.3 Å². The van der Waals surface area contributed by atoms with Crippen molar-refractivity contribution in [3.05, 3.63) is 35.9 Å². The molecule has 0 heterocycles. The fourth-order valence-electron chi connectivity index (χ4n) is 2.00. The first kappa shape index (κ1) is 16.2. The molecule has 1 unspecified atom stereocenters. The summed E-state index contributed by atoms with van der Waals surface area (Å²) in [7, 11) is 0. The molecule has 1 rings (SSSR count). The fourth-order valence-corrected chi connectivity index (χ4v) is 2.00. The summed E-state index contributed by atoms with van der Waals surface area (Å²) in [5, 5.41) is 12.0. The van der Waals surface area contributed by atoms with Crippen molar-refractivity contribution in [3.63, 3.8) is 0 Å². The number of carboxylic acid groups (broad SMARTS) is 1. The maximum Gasteiger partial charge on any atom is 0.309 e. The maximum atomic E-state index is 12.1. The van der Waals surface area contributed by atoms with E-state index in [-0.39, 0.29) is 24.3 Å². The average Bonchev–Trinajstić information content (AvgIpc) is 2.36. The van der Waals surface area contributed by atoms with Gasteiger partial charge in [-0.3, -0.25) is 9.59 Å². The lowest BCUT2D eigenvalue weighted by molar-refractivity contribution is -0.149. The van der Waals surface area contributed by atoms with Gasteiger partial charge in [0.1, 0.15) is 0 Å². The second-order valence-corrected chi connectivity index (χ2v) is 6.07. The van der Waals surface area contributed by atoms with Gasteiger partial charge in [0.15, 0.2) is 0 Å². The first-order chi connectivity index (χ1) is 9.24. The van der Waals surface area contributed by atoms with Gasteiger partial charge < -0.3 is 10.4 Å². The van der Waals surface area contributed by atoms with E-state index in [1.165, 1.54) is 0 Å². The van der Waals surface area contributed by atoms with Gasteiger partial charge in [-0.2, -0.15) is 0 Å². The largest absolute Gasteiger partial charge is 0.481 e. The summed E-state index contributed by atoms with van der Waals surface area (Å²) >= 11 is 0. The number of benzene rings is 1. The Morgan fingerprint density at radius 2 is 1.75 bits per heavy atom. The van der Waals surface area contributed by atoms with Crippen LogP contribution in [0.1, 0.15) is 45.7 Å². The number of hydrogen-bond donors (Lipinski definition) is 2. The Kier molecular flexibility index (Phi) is 5.31. The third-order valence-corrected chi connectivity index (χ3v) is 3.32. The van der Waals surface area contributed by atoms with E-state index in [1.807, 2.05) is 44.2 Å². The summed E-state index contributed by atoms with van der Waals surface area (Å²) in [6.45, 7) is 7.17. The molecule has 0 radical (unpaired) electrons. The number of rotatable bonds is 6. The second-order valence-electron chi connectivity index (χ2n) is 6.07. The number of carbonyl (C=O) groups excluding carboxylic acids is 1. The SMILES string of the molecule is CC(C)C(NC(=O)CC(C)(C)C(=O)O)c1ccccc1. The lowest BCUT2D eigenvalue weighted by atomic mass is 9.88. The fraction of sp³-hybridized carbons (Fsp3) is 0.500. The highest BCUT2D eigenvalue weighted by Crippen LogP contribution is 2.24. The van der Waals surface area contributed by atoms with E-state index in [1.54, 1.807) is 13.8 Å². The van der Waals surface area contributed by atoms with Crippen molar-refractivity contribution in [2.45, 2.75) is 40.2 Å². The summed E-state index contributed by atoms with van der Waals surface area (Å²) in [6, 6.07) is 9.61. The molecule has 0 fully saturated rings. The minimum atomic E-state index is -1.05. The van der Waals surface area contributed by atoms with Crippen LogP contribution in [0, 0.1) is 11.3 Å². The molecule has 2 N–H and O–H groups in total. The summed E-state index contributed by atoms with van der Waals surface area (Å²) in [4.78, 5) is 23.1. The lowest BCUT2D eigenvalue weighted by Crippen LogP contribution is -2.37. The molecule has 110 valence electrons. The maximum absolute atomic E-state index is 12.1. The quantitative estimate of drug-likeness (QED) is 0.840. The molecule has 0 aromatic heterocycles. The molecule has 1 aromatic rings. The number of carboxylic acids is 1. The van der Waals surface area contributed by atoms with Gasteiger partial charge in [-0.1, -0.05) is 44.2 Å².